The highest BCUT2D eigenvalue weighted by Crippen LogP contribution is 2.64. The smallest absolute Gasteiger partial charge is 0.212 e. The van der Waals surface area contributed by atoms with Gasteiger partial charge in [-0.1, -0.05) is 13.8 Å². The number of Topliss-reactive ketones (excluding diaryl/α,β-unsaturated/α-hetero) is 1. The molecule has 28 heavy (non-hydrogen) atoms. The Labute approximate surface area is 168 Å². The lowest BCUT2D eigenvalue weighted by Crippen LogP contribution is -2.46. The van der Waals surface area contributed by atoms with Gasteiger partial charge in [0, 0.05) is 37.7 Å². The summed E-state index contributed by atoms with van der Waals surface area (Å²) in [5.74, 6) is 0.788. The number of ketones is 1. The molecule has 0 spiro atoms. The van der Waals surface area contributed by atoms with E-state index >= 15 is 0 Å². The van der Waals surface area contributed by atoms with E-state index < -0.39 is 15.4 Å². The molecule has 1 saturated heterocycles. The van der Waals surface area contributed by atoms with Gasteiger partial charge in [-0.25, -0.2) is 13.1 Å². The van der Waals surface area contributed by atoms with Crippen molar-refractivity contribution in [1.82, 2.24) is 9.71 Å². The van der Waals surface area contributed by atoms with Gasteiger partial charge in [0.15, 0.2) is 0 Å². The summed E-state index contributed by atoms with van der Waals surface area (Å²) in [6.07, 6.45) is 7.79. The number of anilines is 1. The Balaban J connectivity index is 1.32. The number of nitrogens with zero attached hydrogens (tertiary/aromatic N) is 2. The summed E-state index contributed by atoms with van der Waals surface area (Å²) in [6.45, 7) is 6.46. The Morgan fingerprint density at radius 1 is 1.25 bits per heavy atom. The summed E-state index contributed by atoms with van der Waals surface area (Å²) in [6, 6.07) is 4.00. The first-order chi connectivity index (χ1) is 13.2. The molecule has 3 aliphatic rings. The van der Waals surface area contributed by atoms with Crippen molar-refractivity contribution in [3.8, 4) is 0 Å². The molecule has 154 valence electrons. The predicted molar refractivity (Wildman–Crippen MR) is 110 cm³/mol. The van der Waals surface area contributed by atoms with E-state index in [-0.39, 0.29) is 17.0 Å². The molecule has 1 aromatic rings. The summed E-state index contributed by atoms with van der Waals surface area (Å²) < 4.78 is 28.5. The molecule has 0 aromatic carbocycles. The highest BCUT2D eigenvalue weighted by molar-refractivity contribution is 7.89. The molecule has 2 atom stereocenters. The highest BCUT2D eigenvalue weighted by Gasteiger charge is 2.65. The number of carbonyl (C=O) groups excluding carboxylic acids is 1. The summed E-state index contributed by atoms with van der Waals surface area (Å²) >= 11 is 0. The summed E-state index contributed by atoms with van der Waals surface area (Å²) in [7, 11) is -3.47. The number of carbonyl (C=O) groups is 1. The monoisotopic (exact) mass is 405 g/mol. The fraction of sp³-hybridized carbons (Fsp3) is 0.714. The number of aromatic nitrogens is 1. The standard InChI is InChI=1S/C21H31N3O3S/c1-20(2)17-5-8-21(20,19(25)12-17)15-28(26,27)23-13-16-6-10-24(11-7-16)18-4-3-9-22-14-18/h3-4,9,14,16-17,23H,5-8,10-13,15H2,1-2H3. The zero-order valence-electron chi connectivity index (χ0n) is 16.9. The van der Waals surface area contributed by atoms with Crippen LogP contribution in [-0.4, -0.2) is 44.6 Å². The van der Waals surface area contributed by atoms with Crippen LogP contribution in [0.3, 0.4) is 0 Å². The molecule has 0 radical (unpaired) electrons. The number of fused-ring (bicyclic) bond motifs is 2. The molecule has 6 nitrogen and oxygen atoms in total. The minimum absolute atomic E-state index is 0.0448. The van der Waals surface area contributed by atoms with E-state index in [2.05, 4.69) is 34.5 Å². The van der Waals surface area contributed by atoms with Crippen molar-refractivity contribution in [3.05, 3.63) is 24.5 Å². The first-order valence-electron chi connectivity index (χ1n) is 10.4. The second kappa shape index (κ2) is 7.10. The van der Waals surface area contributed by atoms with Gasteiger partial charge >= 0.3 is 0 Å². The molecule has 1 N–H and O–H groups in total. The van der Waals surface area contributed by atoms with Crippen LogP contribution in [0.15, 0.2) is 24.5 Å². The Morgan fingerprint density at radius 3 is 2.57 bits per heavy atom. The van der Waals surface area contributed by atoms with Crippen molar-refractivity contribution in [1.29, 1.82) is 0 Å². The van der Waals surface area contributed by atoms with Crippen LogP contribution in [0.2, 0.25) is 0 Å². The molecule has 2 aliphatic carbocycles. The van der Waals surface area contributed by atoms with E-state index in [9.17, 15) is 13.2 Å². The number of piperidine rings is 1. The molecule has 1 aromatic heterocycles. The molecular weight excluding hydrogens is 374 g/mol. The first kappa shape index (κ1) is 19.8. The fourth-order valence-corrected chi connectivity index (χ4v) is 7.58. The molecule has 1 aliphatic heterocycles. The van der Waals surface area contributed by atoms with Crippen molar-refractivity contribution in [3.63, 3.8) is 0 Å². The molecule has 2 unspecified atom stereocenters. The minimum Gasteiger partial charge on any atom is -0.370 e. The van der Waals surface area contributed by atoms with E-state index in [1.165, 1.54) is 0 Å². The lowest BCUT2D eigenvalue weighted by Gasteiger charge is -2.36. The van der Waals surface area contributed by atoms with E-state index in [1.54, 1.807) is 6.20 Å². The predicted octanol–water partition coefficient (Wildman–Crippen LogP) is 2.61. The third kappa shape index (κ3) is 3.36. The van der Waals surface area contributed by atoms with Crippen molar-refractivity contribution in [2.75, 3.05) is 30.3 Å². The molecule has 3 fully saturated rings. The van der Waals surface area contributed by atoms with Crippen molar-refractivity contribution >= 4 is 21.5 Å². The van der Waals surface area contributed by atoms with Gasteiger partial charge in [-0.15, -0.1) is 0 Å². The zero-order valence-corrected chi connectivity index (χ0v) is 17.7. The molecule has 7 heteroatoms. The largest absolute Gasteiger partial charge is 0.370 e. The Hall–Kier alpha value is -1.47. The Morgan fingerprint density at radius 2 is 2.00 bits per heavy atom. The summed E-state index contributed by atoms with van der Waals surface area (Å²) in [5, 5.41) is 0. The van der Waals surface area contributed by atoms with Gasteiger partial charge in [0.1, 0.15) is 5.78 Å². The van der Waals surface area contributed by atoms with Crippen LogP contribution < -0.4 is 9.62 Å². The molecule has 2 heterocycles. The number of rotatable bonds is 6. The molecule has 4 rings (SSSR count). The maximum Gasteiger partial charge on any atom is 0.212 e. The highest BCUT2D eigenvalue weighted by atomic mass is 32.2. The molecular formula is C21H31N3O3S. The van der Waals surface area contributed by atoms with Crippen molar-refractivity contribution < 1.29 is 13.2 Å². The average molecular weight is 406 g/mol. The minimum atomic E-state index is -3.47. The topological polar surface area (TPSA) is 79.4 Å². The zero-order chi connectivity index (χ0) is 20.0. The SMILES string of the molecule is CC1(C)C2CCC1(CS(=O)(=O)NCC1CCN(c3cccnc3)CC1)C(=O)C2. The summed E-state index contributed by atoms with van der Waals surface area (Å²) in [5.41, 5.74) is 0.222. The van der Waals surface area contributed by atoms with Gasteiger partial charge in [-0.2, -0.15) is 0 Å². The van der Waals surface area contributed by atoms with E-state index in [4.69, 9.17) is 0 Å². The van der Waals surface area contributed by atoms with Crippen LogP contribution >= 0.6 is 0 Å². The number of hydrogen-bond acceptors (Lipinski definition) is 5. The van der Waals surface area contributed by atoms with Crippen molar-refractivity contribution in [2.45, 2.75) is 46.0 Å². The van der Waals surface area contributed by atoms with Gasteiger partial charge in [-0.3, -0.25) is 9.78 Å². The fourth-order valence-electron chi connectivity index (χ4n) is 5.66. The number of nitrogens with one attached hydrogen (secondary N) is 1. The second-order valence-electron chi connectivity index (χ2n) is 9.42. The number of hydrogen-bond donors (Lipinski definition) is 1. The van der Waals surface area contributed by atoms with E-state index in [1.807, 2.05) is 12.3 Å². The van der Waals surface area contributed by atoms with Gasteiger partial charge in [0.25, 0.3) is 0 Å². The molecule has 0 amide bonds. The number of pyridine rings is 1. The third-order valence-electron chi connectivity index (χ3n) is 7.79. The van der Waals surface area contributed by atoms with Gasteiger partial charge < -0.3 is 4.90 Å². The van der Waals surface area contributed by atoms with Crippen LogP contribution in [-0.2, 0) is 14.8 Å². The Bertz CT molecular complexity index is 832. The molecule has 2 saturated carbocycles. The first-order valence-corrected chi connectivity index (χ1v) is 12.0. The van der Waals surface area contributed by atoms with Crippen LogP contribution in [0, 0.1) is 22.7 Å². The van der Waals surface area contributed by atoms with Gasteiger partial charge in [0.05, 0.1) is 17.6 Å². The quantitative estimate of drug-likeness (QED) is 0.787. The molecule has 2 bridgehead atoms. The van der Waals surface area contributed by atoms with Crippen LogP contribution in [0.4, 0.5) is 5.69 Å². The van der Waals surface area contributed by atoms with Crippen LogP contribution in [0.25, 0.3) is 0 Å². The Kier molecular flexibility index (Phi) is 5.02. The average Bonchev–Trinajstić information content (AvgIpc) is 3.01. The maximum absolute atomic E-state index is 12.8. The summed E-state index contributed by atoms with van der Waals surface area (Å²) in [4.78, 5) is 19.1. The number of sulfonamides is 1. The van der Waals surface area contributed by atoms with Gasteiger partial charge in [-0.05, 0) is 55.1 Å². The van der Waals surface area contributed by atoms with Crippen molar-refractivity contribution in [2.24, 2.45) is 22.7 Å². The van der Waals surface area contributed by atoms with Gasteiger partial charge in [0.2, 0.25) is 10.0 Å². The van der Waals surface area contributed by atoms with E-state index in [0.717, 1.165) is 38.0 Å². The third-order valence-corrected chi connectivity index (χ3v) is 9.27. The van der Waals surface area contributed by atoms with Crippen LogP contribution in [0.5, 0.6) is 0 Å². The maximum atomic E-state index is 12.8. The normalized spacial score (nSPS) is 30.1. The second-order valence-corrected chi connectivity index (χ2v) is 11.2. The lowest BCUT2D eigenvalue weighted by molar-refractivity contribution is -0.128. The van der Waals surface area contributed by atoms with Crippen LogP contribution in [0.1, 0.15) is 46.0 Å². The van der Waals surface area contributed by atoms with E-state index in [0.29, 0.717) is 31.2 Å². The lowest BCUT2D eigenvalue weighted by atomic mass is 9.70.